The number of amides is 1. The Balaban J connectivity index is 1.74. The topological polar surface area (TPSA) is 79.7 Å². The van der Waals surface area contributed by atoms with E-state index in [0.717, 1.165) is 10.6 Å². The Morgan fingerprint density at radius 1 is 1.29 bits per heavy atom. The SMILES string of the molecule is COc1ccccc1-c1nc(C(=O)N2CCC(C(=O)O)CC2)cs1. The first-order chi connectivity index (χ1) is 11.6. The van der Waals surface area contributed by atoms with Gasteiger partial charge in [-0.05, 0) is 25.0 Å². The van der Waals surface area contributed by atoms with Crippen LogP contribution in [0.1, 0.15) is 23.3 Å². The van der Waals surface area contributed by atoms with Gasteiger partial charge in [0.2, 0.25) is 0 Å². The smallest absolute Gasteiger partial charge is 0.306 e. The highest BCUT2D eigenvalue weighted by molar-refractivity contribution is 7.13. The number of aliphatic carboxylic acids is 1. The summed E-state index contributed by atoms with van der Waals surface area (Å²) in [5.41, 5.74) is 1.25. The molecule has 1 fully saturated rings. The number of hydrogen-bond donors (Lipinski definition) is 1. The maximum atomic E-state index is 12.6. The van der Waals surface area contributed by atoms with Crippen LogP contribution in [0.3, 0.4) is 0 Å². The molecular formula is C17H18N2O4S. The van der Waals surface area contributed by atoms with Gasteiger partial charge in [0, 0.05) is 18.5 Å². The zero-order chi connectivity index (χ0) is 17.1. The second-order valence-corrected chi connectivity index (χ2v) is 6.50. The number of thiazole rings is 1. The molecule has 6 nitrogen and oxygen atoms in total. The monoisotopic (exact) mass is 346 g/mol. The summed E-state index contributed by atoms with van der Waals surface area (Å²) in [6.45, 7) is 0.911. The molecule has 0 saturated carbocycles. The van der Waals surface area contributed by atoms with E-state index in [4.69, 9.17) is 9.84 Å². The predicted octanol–water partition coefficient (Wildman–Crippen LogP) is 2.76. The van der Waals surface area contributed by atoms with E-state index in [0.29, 0.717) is 37.4 Å². The molecule has 0 bridgehead atoms. The lowest BCUT2D eigenvalue weighted by Gasteiger charge is -2.29. The van der Waals surface area contributed by atoms with Gasteiger partial charge in [-0.1, -0.05) is 12.1 Å². The zero-order valence-electron chi connectivity index (χ0n) is 13.3. The first-order valence-corrected chi connectivity index (χ1v) is 8.59. The molecule has 0 unspecified atom stereocenters. The van der Waals surface area contributed by atoms with Crippen LogP contribution in [0.15, 0.2) is 29.6 Å². The average Bonchev–Trinajstić information content (AvgIpc) is 3.11. The van der Waals surface area contributed by atoms with Crippen LogP contribution >= 0.6 is 11.3 Å². The number of aromatic nitrogens is 1. The van der Waals surface area contributed by atoms with Gasteiger partial charge in [0.1, 0.15) is 16.5 Å². The van der Waals surface area contributed by atoms with Gasteiger partial charge in [-0.15, -0.1) is 11.3 Å². The predicted molar refractivity (Wildman–Crippen MR) is 90.4 cm³/mol. The minimum atomic E-state index is -0.783. The molecule has 0 radical (unpaired) electrons. The Labute approximate surface area is 143 Å². The molecule has 0 atom stereocenters. The number of rotatable bonds is 4. The Morgan fingerprint density at radius 2 is 2.00 bits per heavy atom. The number of carbonyl (C=O) groups excluding carboxylic acids is 1. The van der Waals surface area contributed by atoms with Crippen LogP contribution in [0.25, 0.3) is 10.6 Å². The molecule has 1 aliphatic heterocycles. The summed E-state index contributed by atoms with van der Waals surface area (Å²) in [6, 6.07) is 7.55. The van der Waals surface area contributed by atoms with Crippen LogP contribution in [-0.2, 0) is 4.79 Å². The van der Waals surface area contributed by atoms with E-state index in [1.54, 1.807) is 17.4 Å². The third kappa shape index (κ3) is 3.26. The van der Waals surface area contributed by atoms with Crippen LogP contribution in [0.4, 0.5) is 0 Å². The summed E-state index contributed by atoms with van der Waals surface area (Å²) in [5.74, 6) is -0.563. The summed E-state index contributed by atoms with van der Waals surface area (Å²) in [5, 5.41) is 11.5. The van der Waals surface area contributed by atoms with Gasteiger partial charge in [-0.25, -0.2) is 4.98 Å². The third-order valence-corrected chi connectivity index (χ3v) is 5.07. The van der Waals surface area contributed by atoms with Crippen molar-refractivity contribution in [1.82, 2.24) is 9.88 Å². The highest BCUT2D eigenvalue weighted by atomic mass is 32.1. The minimum Gasteiger partial charge on any atom is -0.496 e. The Kier molecular flexibility index (Phi) is 4.80. The molecule has 1 amide bonds. The van der Waals surface area contributed by atoms with E-state index in [9.17, 15) is 9.59 Å². The molecule has 1 aliphatic rings. The van der Waals surface area contributed by atoms with Crippen molar-refractivity contribution in [3.8, 4) is 16.3 Å². The number of methoxy groups -OCH3 is 1. The summed E-state index contributed by atoms with van der Waals surface area (Å²) in [7, 11) is 1.60. The molecular weight excluding hydrogens is 328 g/mol. The Hall–Kier alpha value is -2.41. The Bertz CT molecular complexity index is 751. The number of carboxylic acids is 1. The molecule has 1 aromatic carbocycles. The van der Waals surface area contributed by atoms with Crippen LogP contribution in [-0.4, -0.2) is 47.1 Å². The standard InChI is InChI=1S/C17H18N2O4S/c1-23-14-5-3-2-4-12(14)15-18-13(10-24-15)16(20)19-8-6-11(7-9-19)17(21)22/h2-5,10-11H,6-9H2,1H3,(H,21,22). The molecule has 0 aliphatic carbocycles. The van der Waals surface area contributed by atoms with Crippen molar-refractivity contribution in [1.29, 1.82) is 0 Å². The number of hydrogen-bond acceptors (Lipinski definition) is 5. The highest BCUT2D eigenvalue weighted by Gasteiger charge is 2.28. The van der Waals surface area contributed by atoms with E-state index < -0.39 is 5.97 Å². The normalized spacial score (nSPS) is 15.3. The van der Waals surface area contributed by atoms with Crippen LogP contribution in [0.2, 0.25) is 0 Å². The molecule has 2 aromatic rings. The van der Waals surface area contributed by atoms with E-state index in [1.165, 1.54) is 11.3 Å². The summed E-state index contributed by atoms with van der Waals surface area (Å²) < 4.78 is 5.34. The number of nitrogens with zero attached hydrogens (tertiary/aromatic N) is 2. The fourth-order valence-electron chi connectivity index (χ4n) is 2.81. The van der Waals surface area contributed by atoms with Gasteiger partial charge in [-0.2, -0.15) is 0 Å². The quantitative estimate of drug-likeness (QED) is 0.921. The summed E-state index contributed by atoms with van der Waals surface area (Å²) in [4.78, 5) is 29.7. The largest absolute Gasteiger partial charge is 0.496 e. The minimum absolute atomic E-state index is 0.142. The number of carbonyl (C=O) groups is 2. The average molecular weight is 346 g/mol. The van der Waals surface area contributed by atoms with Crippen molar-refractivity contribution in [2.75, 3.05) is 20.2 Å². The fraction of sp³-hybridized carbons (Fsp3) is 0.353. The number of carboxylic acid groups (broad SMARTS) is 1. The van der Waals surface area contributed by atoms with Gasteiger partial charge >= 0.3 is 5.97 Å². The van der Waals surface area contributed by atoms with E-state index in [1.807, 2.05) is 24.3 Å². The molecule has 126 valence electrons. The number of likely N-dealkylation sites (tertiary alicyclic amines) is 1. The third-order valence-electron chi connectivity index (χ3n) is 4.19. The van der Waals surface area contributed by atoms with Crippen molar-refractivity contribution < 1.29 is 19.4 Å². The molecule has 7 heteroatoms. The van der Waals surface area contributed by atoms with E-state index in [2.05, 4.69) is 4.98 Å². The van der Waals surface area contributed by atoms with Gasteiger partial charge in [0.25, 0.3) is 5.91 Å². The summed E-state index contributed by atoms with van der Waals surface area (Å²) in [6.07, 6.45) is 0.981. The van der Waals surface area contributed by atoms with Crippen molar-refractivity contribution in [3.63, 3.8) is 0 Å². The van der Waals surface area contributed by atoms with Crippen LogP contribution < -0.4 is 4.74 Å². The van der Waals surface area contributed by atoms with E-state index in [-0.39, 0.29) is 11.8 Å². The highest BCUT2D eigenvalue weighted by Crippen LogP contribution is 2.32. The van der Waals surface area contributed by atoms with Crippen LogP contribution in [0.5, 0.6) is 5.75 Å². The lowest BCUT2D eigenvalue weighted by atomic mass is 9.97. The maximum Gasteiger partial charge on any atom is 0.306 e. The molecule has 0 spiro atoms. The summed E-state index contributed by atoms with van der Waals surface area (Å²) >= 11 is 1.40. The van der Waals surface area contributed by atoms with Gasteiger partial charge in [0.15, 0.2) is 0 Å². The van der Waals surface area contributed by atoms with E-state index >= 15 is 0 Å². The Morgan fingerprint density at radius 3 is 2.67 bits per heavy atom. The van der Waals surface area contributed by atoms with Crippen molar-refractivity contribution in [2.45, 2.75) is 12.8 Å². The lowest BCUT2D eigenvalue weighted by molar-refractivity contribution is -0.143. The van der Waals surface area contributed by atoms with Gasteiger partial charge < -0.3 is 14.7 Å². The number of benzene rings is 1. The zero-order valence-corrected chi connectivity index (χ0v) is 14.1. The van der Waals surface area contributed by atoms with Crippen molar-refractivity contribution in [3.05, 3.63) is 35.3 Å². The molecule has 1 aromatic heterocycles. The van der Waals surface area contributed by atoms with Crippen LogP contribution in [0, 0.1) is 5.92 Å². The molecule has 24 heavy (non-hydrogen) atoms. The first kappa shape index (κ1) is 16.4. The molecule has 1 saturated heterocycles. The van der Waals surface area contributed by atoms with Crippen molar-refractivity contribution in [2.24, 2.45) is 5.92 Å². The fourth-order valence-corrected chi connectivity index (χ4v) is 3.63. The van der Waals surface area contributed by atoms with Gasteiger partial charge in [0.05, 0.1) is 18.6 Å². The van der Waals surface area contributed by atoms with Crippen molar-refractivity contribution >= 4 is 23.2 Å². The molecule has 3 rings (SSSR count). The second-order valence-electron chi connectivity index (χ2n) is 5.64. The maximum absolute atomic E-state index is 12.6. The number of piperidine rings is 1. The van der Waals surface area contributed by atoms with Gasteiger partial charge in [-0.3, -0.25) is 9.59 Å². The first-order valence-electron chi connectivity index (χ1n) is 7.71. The number of ether oxygens (including phenoxy) is 1. The molecule has 1 N–H and O–H groups in total. The lowest BCUT2D eigenvalue weighted by Crippen LogP contribution is -2.40. The second kappa shape index (κ2) is 7.00. The number of para-hydroxylation sites is 1. The molecule has 2 heterocycles.